The van der Waals surface area contributed by atoms with Crippen LogP contribution in [0.2, 0.25) is 0 Å². The van der Waals surface area contributed by atoms with Gasteiger partial charge in [-0.1, -0.05) is 19.1 Å². The van der Waals surface area contributed by atoms with Gasteiger partial charge in [0.2, 0.25) is 0 Å². The average molecular weight is 332 g/mol. The van der Waals surface area contributed by atoms with E-state index in [-0.39, 0.29) is 22.4 Å². The van der Waals surface area contributed by atoms with Gasteiger partial charge in [0.1, 0.15) is 5.82 Å². The Balaban J connectivity index is 2.23. The Hall–Kier alpha value is -2.21. The van der Waals surface area contributed by atoms with E-state index in [1.165, 1.54) is 22.8 Å². The molecule has 0 radical (unpaired) electrons. The Morgan fingerprint density at radius 2 is 2.17 bits per heavy atom. The Morgan fingerprint density at radius 3 is 2.83 bits per heavy atom. The molecule has 1 aliphatic heterocycles. The molecule has 0 spiro atoms. The Morgan fingerprint density at radius 1 is 1.42 bits per heavy atom. The fourth-order valence-electron chi connectivity index (χ4n) is 3.79. The molecule has 0 aliphatic carbocycles. The molecule has 0 unspecified atom stereocenters. The van der Waals surface area contributed by atoms with Gasteiger partial charge >= 0.3 is 5.97 Å². The van der Waals surface area contributed by atoms with Crippen LogP contribution in [0, 0.1) is 12.7 Å². The van der Waals surface area contributed by atoms with Gasteiger partial charge in [0.25, 0.3) is 5.56 Å². The zero-order chi connectivity index (χ0) is 17.4. The van der Waals surface area contributed by atoms with Gasteiger partial charge in [0.05, 0.1) is 10.9 Å². The molecule has 0 bridgehead atoms. The number of hydrogen-bond donors (Lipinski definition) is 1. The van der Waals surface area contributed by atoms with E-state index in [0.29, 0.717) is 12.2 Å². The van der Waals surface area contributed by atoms with Crippen LogP contribution < -0.4 is 5.56 Å². The van der Waals surface area contributed by atoms with Gasteiger partial charge < -0.3 is 9.67 Å². The molecule has 2 aromatic rings. The molecule has 1 aliphatic rings. The number of carboxylic acid groups (broad SMARTS) is 1. The summed E-state index contributed by atoms with van der Waals surface area (Å²) in [5, 5.41) is 9.61. The number of likely N-dealkylation sites (N-methyl/N-ethyl adjacent to an activating group) is 1. The lowest BCUT2D eigenvalue weighted by Gasteiger charge is -2.25. The molecule has 6 heteroatoms. The summed E-state index contributed by atoms with van der Waals surface area (Å²) < 4.78 is 15.7. The van der Waals surface area contributed by atoms with E-state index in [0.717, 1.165) is 25.9 Å². The van der Waals surface area contributed by atoms with Crippen LogP contribution in [0.3, 0.4) is 0 Å². The number of pyridine rings is 1. The minimum atomic E-state index is -1.14. The normalized spacial score (nSPS) is 18.4. The minimum absolute atomic E-state index is 0.00476. The molecular formula is C18H21FN2O3. The maximum atomic E-state index is 14.2. The SMILES string of the molecule is CCN1CCC[C@H]1Cn1c(C)c(C(=O)O)c2cccc(F)c2c1=O. The van der Waals surface area contributed by atoms with Crippen LogP contribution in [0.5, 0.6) is 0 Å². The molecule has 1 aromatic carbocycles. The van der Waals surface area contributed by atoms with Gasteiger partial charge in [-0.2, -0.15) is 0 Å². The molecule has 0 saturated carbocycles. The van der Waals surface area contributed by atoms with E-state index >= 15 is 0 Å². The number of carbonyl (C=O) groups is 1. The average Bonchev–Trinajstić information content (AvgIpc) is 2.98. The predicted molar refractivity (Wildman–Crippen MR) is 90.1 cm³/mol. The second-order valence-electron chi connectivity index (χ2n) is 6.27. The third kappa shape index (κ3) is 2.60. The van der Waals surface area contributed by atoms with Crippen LogP contribution in [-0.2, 0) is 6.54 Å². The Kier molecular flexibility index (Phi) is 4.41. The molecule has 0 amide bonds. The van der Waals surface area contributed by atoms with E-state index in [9.17, 15) is 19.1 Å². The summed E-state index contributed by atoms with van der Waals surface area (Å²) in [5.41, 5.74) is -0.0627. The van der Waals surface area contributed by atoms with E-state index in [4.69, 9.17) is 0 Å². The Bertz CT molecular complexity index is 859. The monoisotopic (exact) mass is 332 g/mol. The van der Waals surface area contributed by atoms with Crippen molar-refractivity contribution in [3.8, 4) is 0 Å². The molecule has 128 valence electrons. The first kappa shape index (κ1) is 16.6. The highest BCUT2D eigenvalue weighted by molar-refractivity contribution is 6.04. The maximum absolute atomic E-state index is 14.2. The Labute approximate surface area is 139 Å². The fourth-order valence-corrected chi connectivity index (χ4v) is 3.79. The highest BCUT2D eigenvalue weighted by atomic mass is 19.1. The molecule has 1 fully saturated rings. The van der Waals surface area contributed by atoms with Crippen LogP contribution in [0.15, 0.2) is 23.0 Å². The lowest BCUT2D eigenvalue weighted by molar-refractivity contribution is 0.0697. The number of rotatable bonds is 4. The quantitative estimate of drug-likeness (QED) is 0.935. The van der Waals surface area contributed by atoms with Crippen molar-refractivity contribution < 1.29 is 14.3 Å². The van der Waals surface area contributed by atoms with Crippen LogP contribution >= 0.6 is 0 Å². The van der Waals surface area contributed by atoms with Crippen LogP contribution in [0.1, 0.15) is 35.8 Å². The van der Waals surface area contributed by atoms with Crippen molar-refractivity contribution in [2.75, 3.05) is 13.1 Å². The van der Waals surface area contributed by atoms with Gasteiger partial charge in [0.15, 0.2) is 0 Å². The molecule has 5 nitrogen and oxygen atoms in total. The van der Waals surface area contributed by atoms with Crippen molar-refractivity contribution in [3.63, 3.8) is 0 Å². The van der Waals surface area contributed by atoms with Crippen molar-refractivity contribution in [2.45, 2.75) is 39.3 Å². The van der Waals surface area contributed by atoms with E-state index in [2.05, 4.69) is 11.8 Å². The number of hydrogen-bond acceptors (Lipinski definition) is 3. The lowest BCUT2D eigenvalue weighted by Crippen LogP contribution is -2.37. The zero-order valence-electron chi connectivity index (χ0n) is 13.9. The predicted octanol–water partition coefficient (Wildman–Crippen LogP) is 2.63. The van der Waals surface area contributed by atoms with E-state index in [1.807, 2.05) is 0 Å². The summed E-state index contributed by atoms with van der Waals surface area (Å²) >= 11 is 0. The van der Waals surface area contributed by atoms with Crippen LogP contribution in [0.4, 0.5) is 4.39 Å². The molecular weight excluding hydrogens is 311 g/mol. The first-order chi connectivity index (χ1) is 11.5. The molecule has 1 saturated heterocycles. The van der Waals surface area contributed by atoms with Crippen molar-refractivity contribution >= 4 is 16.7 Å². The van der Waals surface area contributed by atoms with Gasteiger partial charge in [-0.15, -0.1) is 0 Å². The van der Waals surface area contributed by atoms with Crippen molar-refractivity contribution in [3.05, 3.63) is 45.6 Å². The summed E-state index contributed by atoms with van der Waals surface area (Å²) in [6.45, 7) is 5.94. The van der Waals surface area contributed by atoms with E-state index < -0.39 is 17.3 Å². The second-order valence-corrected chi connectivity index (χ2v) is 6.27. The standard InChI is InChI=1S/C18H21FN2O3/c1-3-20-9-5-6-12(20)10-21-11(2)15(18(23)24)13-7-4-8-14(19)16(13)17(21)22/h4,7-8,12H,3,5-6,9-10H2,1-2H3,(H,23,24)/t12-/m0/s1. The minimum Gasteiger partial charge on any atom is -0.478 e. The molecule has 1 aromatic heterocycles. The zero-order valence-corrected chi connectivity index (χ0v) is 13.9. The third-order valence-corrected chi connectivity index (χ3v) is 5.02. The van der Waals surface area contributed by atoms with Crippen molar-refractivity contribution in [1.82, 2.24) is 9.47 Å². The number of fused-ring (bicyclic) bond motifs is 1. The maximum Gasteiger partial charge on any atom is 0.338 e. The van der Waals surface area contributed by atoms with Crippen molar-refractivity contribution in [1.29, 1.82) is 0 Å². The number of aromatic carboxylic acids is 1. The highest BCUT2D eigenvalue weighted by Crippen LogP contribution is 2.24. The number of likely N-dealkylation sites (tertiary alicyclic amines) is 1. The van der Waals surface area contributed by atoms with Gasteiger partial charge in [-0.3, -0.25) is 9.69 Å². The topological polar surface area (TPSA) is 62.5 Å². The smallest absolute Gasteiger partial charge is 0.338 e. The van der Waals surface area contributed by atoms with Gasteiger partial charge in [-0.25, -0.2) is 9.18 Å². The molecule has 2 heterocycles. The van der Waals surface area contributed by atoms with Crippen molar-refractivity contribution in [2.24, 2.45) is 0 Å². The highest BCUT2D eigenvalue weighted by Gasteiger charge is 2.27. The second kappa shape index (κ2) is 6.36. The molecule has 1 atom stereocenters. The number of nitrogens with zero attached hydrogens (tertiary/aromatic N) is 2. The van der Waals surface area contributed by atoms with Crippen LogP contribution in [0.25, 0.3) is 10.8 Å². The number of carboxylic acids is 1. The number of halogens is 1. The summed E-state index contributed by atoms with van der Waals surface area (Å²) in [4.78, 5) is 26.8. The van der Waals surface area contributed by atoms with Crippen LogP contribution in [-0.4, -0.2) is 39.7 Å². The molecule has 1 N–H and O–H groups in total. The first-order valence-corrected chi connectivity index (χ1v) is 8.24. The fraction of sp³-hybridized carbons (Fsp3) is 0.444. The lowest BCUT2D eigenvalue weighted by atomic mass is 10.0. The summed E-state index contributed by atoms with van der Waals surface area (Å²) in [6.07, 6.45) is 2.01. The summed E-state index contributed by atoms with van der Waals surface area (Å²) in [6, 6.07) is 4.30. The summed E-state index contributed by atoms with van der Waals surface area (Å²) in [7, 11) is 0. The largest absolute Gasteiger partial charge is 0.478 e. The van der Waals surface area contributed by atoms with E-state index in [1.54, 1.807) is 6.92 Å². The molecule has 24 heavy (non-hydrogen) atoms. The first-order valence-electron chi connectivity index (χ1n) is 8.24. The molecule has 3 rings (SSSR count). The van der Waals surface area contributed by atoms with Gasteiger partial charge in [0, 0.05) is 23.7 Å². The van der Waals surface area contributed by atoms with Gasteiger partial charge in [-0.05, 0) is 38.9 Å². The third-order valence-electron chi connectivity index (χ3n) is 5.02. The number of benzene rings is 1. The number of aromatic nitrogens is 1. The summed E-state index contributed by atoms with van der Waals surface area (Å²) in [5.74, 6) is -1.82.